The van der Waals surface area contributed by atoms with Crippen molar-refractivity contribution in [2.45, 2.75) is 11.5 Å². The molecule has 6 nitrogen and oxygen atoms in total. The number of amides is 1. The molecule has 0 bridgehead atoms. The molecule has 0 unspecified atom stereocenters. The minimum atomic E-state index is -0.986. The minimum absolute atomic E-state index is 0.244. The van der Waals surface area contributed by atoms with Crippen molar-refractivity contribution in [2.75, 3.05) is 12.4 Å². The molecule has 2 aromatic carbocycles. The van der Waals surface area contributed by atoms with Crippen molar-refractivity contribution < 1.29 is 13.7 Å². The van der Waals surface area contributed by atoms with Crippen LogP contribution in [-0.2, 0) is 22.3 Å². The van der Waals surface area contributed by atoms with Gasteiger partial charge in [0.1, 0.15) is 11.6 Å². The number of carbonyl (C=O) groups is 1. The van der Waals surface area contributed by atoms with E-state index in [-0.39, 0.29) is 5.91 Å². The number of aromatic nitrogens is 2. The minimum Gasteiger partial charge on any atom is -0.497 e. The SMILES string of the molecule is COc1ccc(-n2nc3c(c2NC(=O)c2cccc(Br)c2)C[S@](=O)C3)cc1. The average Bonchev–Trinajstić information content (AvgIpc) is 3.19. The Kier molecular flexibility index (Phi) is 4.84. The Morgan fingerprint density at radius 2 is 2.00 bits per heavy atom. The molecule has 8 heteroatoms. The smallest absolute Gasteiger partial charge is 0.256 e. The molecule has 0 aliphatic carbocycles. The molecule has 1 aliphatic rings. The lowest BCUT2D eigenvalue weighted by molar-refractivity contribution is 0.102. The van der Waals surface area contributed by atoms with Gasteiger partial charge in [-0.25, -0.2) is 4.68 Å². The molecule has 27 heavy (non-hydrogen) atoms. The third kappa shape index (κ3) is 3.54. The normalized spacial score (nSPS) is 15.4. The van der Waals surface area contributed by atoms with Crippen LogP contribution in [0, 0.1) is 0 Å². The van der Waals surface area contributed by atoms with Crippen molar-refractivity contribution in [1.29, 1.82) is 0 Å². The van der Waals surface area contributed by atoms with Crippen LogP contribution in [0.2, 0.25) is 0 Å². The Morgan fingerprint density at radius 3 is 2.70 bits per heavy atom. The van der Waals surface area contributed by atoms with Gasteiger partial charge in [-0.05, 0) is 42.5 Å². The van der Waals surface area contributed by atoms with Crippen LogP contribution in [0.5, 0.6) is 5.75 Å². The second-order valence-electron chi connectivity index (χ2n) is 6.08. The van der Waals surface area contributed by atoms with E-state index >= 15 is 0 Å². The van der Waals surface area contributed by atoms with Crippen LogP contribution in [0.1, 0.15) is 21.6 Å². The molecule has 1 amide bonds. The number of nitrogens with zero attached hydrogens (tertiary/aromatic N) is 2. The summed E-state index contributed by atoms with van der Waals surface area (Å²) in [5.41, 5.74) is 2.90. The molecule has 3 aromatic rings. The Hall–Kier alpha value is -2.45. The fraction of sp³-hybridized carbons (Fsp3) is 0.158. The lowest BCUT2D eigenvalue weighted by atomic mass is 10.2. The molecule has 2 heterocycles. The Bertz CT molecular complexity index is 1050. The van der Waals surface area contributed by atoms with Crippen molar-refractivity contribution in [1.82, 2.24) is 9.78 Å². The standard InChI is InChI=1S/C19H16BrN3O3S/c1-26-15-7-5-14(6-8-15)23-18(16-10-27(25)11-17(16)22-23)21-19(24)12-3-2-4-13(20)9-12/h2-9H,10-11H2,1H3,(H,21,24)/t27-/m0/s1. The number of nitrogens with one attached hydrogen (secondary N) is 1. The van der Waals surface area contributed by atoms with E-state index in [1.54, 1.807) is 30.0 Å². The van der Waals surface area contributed by atoms with Gasteiger partial charge in [-0.3, -0.25) is 9.00 Å². The quantitative estimate of drug-likeness (QED) is 0.664. The second kappa shape index (κ2) is 7.28. The van der Waals surface area contributed by atoms with Gasteiger partial charge in [0.2, 0.25) is 0 Å². The van der Waals surface area contributed by atoms with Crippen LogP contribution in [0.3, 0.4) is 0 Å². The van der Waals surface area contributed by atoms with Crippen molar-refractivity contribution in [3.05, 3.63) is 69.8 Å². The van der Waals surface area contributed by atoms with E-state index in [1.807, 2.05) is 30.3 Å². The topological polar surface area (TPSA) is 73.2 Å². The third-order valence-electron chi connectivity index (χ3n) is 4.31. The van der Waals surface area contributed by atoms with Crippen molar-refractivity contribution in [3.8, 4) is 11.4 Å². The highest BCUT2D eigenvalue weighted by Crippen LogP contribution is 2.32. The number of fused-ring (bicyclic) bond motifs is 1. The summed E-state index contributed by atoms with van der Waals surface area (Å²) in [6.45, 7) is 0. The highest BCUT2D eigenvalue weighted by molar-refractivity contribution is 9.10. The Labute approximate surface area is 167 Å². The van der Waals surface area contributed by atoms with Gasteiger partial charge in [-0.2, -0.15) is 5.10 Å². The first kappa shape index (κ1) is 17.9. The highest BCUT2D eigenvalue weighted by Gasteiger charge is 2.28. The first-order valence-electron chi connectivity index (χ1n) is 8.22. The molecule has 1 aliphatic heterocycles. The highest BCUT2D eigenvalue weighted by atomic mass is 79.9. The summed E-state index contributed by atoms with van der Waals surface area (Å²) in [5, 5.41) is 7.55. The number of rotatable bonds is 4. The van der Waals surface area contributed by atoms with Crippen molar-refractivity contribution >= 4 is 38.5 Å². The summed E-state index contributed by atoms with van der Waals surface area (Å²) in [4.78, 5) is 12.8. The first-order valence-corrected chi connectivity index (χ1v) is 10.5. The summed E-state index contributed by atoms with van der Waals surface area (Å²) in [7, 11) is 0.622. The molecule has 0 radical (unpaired) electrons. The van der Waals surface area contributed by atoms with Gasteiger partial charge in [-0.15, -0.1) is 0 Å². The largest absolute Gasteiger partial charge is 0.497 e. The van der Waals surface area contributed by atoms with E-state index in [0.29, 0.717) is 22.9 Å². The van der Waals surface area contributed by atoms with E-state index in [2.05, 4.69) is 26.3 Å². The van der Waals surface area contributed by atoms with Gasteiger partial charge in [0.15, 0.2) is 0 Å². The number of hydrogen-bond donors (Lipinski definition) is 1. The van der Waals surface area contributed by atoms with Crippen LogP contribution in [0.15, 0.2) is 53.0 Å². The summed E-state index contributed by atoms with van der Waals surface area (Å²) in [6, 6.07) is 14.6. The fourth-order valence-electron chi connectivity index (χ4n) is 2.98. The van der Waals surface area contributed by atoms with Crippen molar-refractivity contribution in [3.63, 3.8) is 0 Å². The molecule has 1 atom stereocenters. The van der Waals surface area contributed by atoms with E-state index in [9.17, 15) is 9.00 Å². The molecule has 1 N–H and O–H groups in total. The number of hydrogen-bond acceptors (Lipinski definition) is 4. The summed E-state index contributed by atoms with van der Waals surface area (Å²) >= 11 is 3.38. The second-order valence-corrected chi connectivity index (χ2v) is 8.45. The molecule has 1 aromatic heterocycles. The number of methoxy groups -OCH3 is 1. The van der Waals surface area contributed by atoms with E-state index in [0.717, 1.165) is 27.2 Å². The third-order valence-corrected chi connectivity index (χ3v) is 6.00. The predicted molar refractivity (Wildman–Crippen MR) is 108 cm³/mol. The van der Waals surface area contributed by atoms with Crippen LogP contribution in [-0.4, -0.2) is 27.0 Å². The van der Waals surface area contributed by atoms with Gasteiger partial charge in [0.05, 0.1) is 30.0 Å². The molecule has 0 saturated heterocycles. The fourth-order valence-corrected chi connectivity index (χ4v) is 4.64. The number of benzene rings is 2. The maximum Gasteiger partial charge on any atom is 0.256 e. The van der Waals surface area contributed by atoms with Gasteiger partial charge in [0.25, 0.3) is 5.91 Å². The number of ether oxygens (including phenoxy) is 1. The number of halogens is 1. The van der Waals surface area contributed by atoms with Gasteiger partial charge in [-0.1, -0.05) is 22.0 Å². The van der Waals surface area contributed by atoms with Crippen molar-refractivity contribution in [2.24, 2.45) is 0 Å². The van der Waals surface area contributed by atoms with Crippen LogP contribution >= 0.6 is 15.9 Å². The lowest BCUT2D eigenvalue weighted by Crippen LogP contribution is -2.16. The first-order chi connectivity index (χ1) is 13.0. The van der Waals surface area contributed by atoms with Gasteiger partial charge in [0, 0.05) is 26.4 Å². The predicted octanol–water partition coefficient (Wildman–Crippen LogP) is 3.66. The molecule has 4 rings (SSSR count). The Balaban J connectivity index is 1.74. The lowest BCUT2D eigenvalue weighted by Gasteiger charge is -2.12. The molecular weight excluding hydrogens is 430 g/mol. The van der Waals surface area contributed by atoms with Gasteiger partial charge >= 0.3 is 0 Å². The molecule has 0 saturated carbocycles. The zero-order valence-electron chi connectivity index (χ0n) is 14.4. The Morgan fingerprint density at radius 1 is 1.22 bits per heavy atom. The van der Waals surface area contributed by atoms with E-state index < -0.39 is 10.8 Å². The monoisotopic (exact) mass is 445 g/mol. The average molecular weight is 446 g/mol. The van der Waals surface area contributed by atoms with Crippen LogP contribution in [0.4, 0.5) is 5.82 Å². The summed E-state index contributed by atoms with van der Waals surface area (Å²) in [5.74, 6) is 1.84. The van der Waals surface area contributed by atoms with Crippen LogP contribution < -0.4 is 10.1 Å². The molecule has 0 fully saturated rings. The van der Waals surface area contributed by atoms with Crippen LogP contribution in [0.25, 0.3) is 5.69 Å². The molecule has 0 spiro atoms. The maximum absolute atomic E-state index is 12.8. The van der Waals surface area contributed by atoms with E-state index in [4.69, 9.17) is 4.74 Å². The summed E-state index contributed by atoms with van der Waals surface area (Å²) < 4.78 is 19.7. The zero-order chi connectivity index (χ0) is 19.0. The zero-order valence-corrected chi connectivity index (χ0v) is 16.8. The molecule has 138 valence electrons. The molecular formula is C19H16BrN3O3S. The summed E-state index contributed by atoms with van der Waals surface area (Å²) in [6.07, 6.45) is 0. The van der Waals surface area contributed by atoms with Gasteiger partial charge < -0.3 is 10.1 Å². The maximum atomic E-state index is 12.8. The van der Waals surface area contributed by atoms with E-state index in [1.165, 1.54) is 0 Å². The number of carbonyl (C=O) groups excluding carboxylic acids is 1. The number of anilines is 1.